The fourth-order valence-electron chi connectivity index (χ4n) is 4.04. The molecule has 21 heavy (non-hydrogen) atoms. The van der Waals surface area contributed by atoms with Gasteiger partial charge in [0.15, 0.2) is 0 Å². The van der Waals surface area contributed by atoms with Gasteiger partial charge in [-0.25, -0.2) is 0 Å². The lowest BCUT2D eigenvalue weighted by molar-refractivity contribution is -0.157. The highest BCUT2D eigenvalue weighted by atomic mass is 16.5. The molecule has 3 aliphatic rings. The van der Waals surface area contributed by atoms with Crippen LogP contribution in [0.3, 0.4) is 0 Å². The van der Waals surface area contributed by atoms with Crippen LogP contribution in [0, 0.1) is 5.92 Å². The largest absolute Gasteiger partial charge is 0.381 e. The van der Waals surface area contributed by atoms with E-state index in [0.717, 1.165) is 65.2 Å². The minimum Gasteiger partial charge on any atom is -0.381 e. The zero-order chi connectivity index (χ0) is 14.7. The first-order chi connectivity index (χ1) is 10.2. The molecule has 0 bridgehead atoms. The summed E-state index contributed by atoms with van der Waals surface area (Å²) in [5.41, 5.74) is 3.06. The molecule has 0 radical (unpaired) electrons. The van der Waals surface area contributed by atoms with E-state index in [4.69, 9.17) is 20.1 Å². The molecule has 3 fully saturated rings. The first kappa shape index (κ1) is 15.6. The number of morpholine rings is 1. The van der Waals surface area contributed by atoms with Crippen LogP contribution in [0.1, 0.15) is 25.7 Å². The number of hydrogen-bond donors (Lipinski definition) is 2. The highest BCUT2D eigenvalue weighted by Crippen LogP contribution is 2.39. The Kier molecular flexibility index (Phi) is 5.14. The van der Waals surface area contributed by atoms with Crippen molar-refractivity contribution in [2.24, 2.45) is 11.8 Å². The predicted molar refractivity (Wildman–Crippen MR) is 79.8 cm³/mol. The van der Waals surface area contributed by atoms with E-state index in [0.29, 0.717) is 5.92 Å². The maximum absolute atomic E-state index is 6.14. The molecule has 6 nitrogen and oxygen atoms in total. The third kappa shape index (κ3) is 3.57. The Morgan fingerprint density at radius 1 is 1.24 bits per heavy atom. The fourth-order valence-corrected chi connectivity index (χ4v) is 4.04. The second-order valence-electron chi connectivity index (χ2n) is 6.76. The van der Waals surface area contributed by atoms with Gasteiger partial charge in [-0.05, 0) is 38.6 Å². The van der Waals surface area contributed by atoms with Gasteiger partial charge in [-0.15, -0.1) is 0 Å². The number of hydrazine groups is 1. The standard InChI is InChI=1S/C15H29N3O3/c1-18-5-9-20-13(11-18)14(17-16)12-2-6-21-15(10-12)3-7-19-8-4-15/h12-14,17H,2-11,16H2,1H3. The SMILES string of the molecule is CN1CCOC(C(NN)C2CCOC3(CCOCC3)C2)C1. The Balaban J connectivity index is 1.65. The van der Waals surface area contributed by atoms with Gasteiger partial charge < -0.3 is 19.1 Å². The van der Waals surface area contributed by atoms with Gasteiger partial charge in [0.25, 0.3) is 0 Å². The lowest BCUT2D eigenvalue weighted by Crippen LogP contribution is -2.59. The van der Waals surface area contributed by atoms with Crippen molar-refractivity contribution in [2.45, 2.75) is 43.4 Å². The Hall–Kier alpha value is -0.240. The first-order valence-corrected chi connectivity index (χ1v) is 8.20. The lowest BCUT2D eigenvalue weighted by Gasteiger charge is -2.47. The molecule has 3 rings (SSSR count). The number of nitrogens with zero attached hydrogens (tertiary/aromatic N) is 1. The normalized spacial score (nSPS) is 35.7. The van der Waals surface area contributed by atoms with E-state index in [9.17, 15) is 0 Å². The van der Waals surface area contributed by atoms with Gasteiger partial charge in [-0.2, -0.15) is 0 Å². The summed E-state index contributed by atoms with van der Waals surface area (Å²) in [7, 11) is 2.15. The van der Waals surface area contributed by atoms with Crippen LogP contribution in [0.2, 0.25) is 0 Å². The van der Waals surface area contributed by atoms with Crippen LogP contribution in [-0.2, 0) is 14.2 Å². The molecule has 3 unspecified atom stereocenters. The van der Waals surface area contributed by atoms with Gasteiger partial charge >= 0.3 is 0 Å². The zero-order valence-electron chi connectivity index (χ0n) is 13.1. The van der Waals surface area contributed by atoms with Crippen LogP contribution in [0.4, 0.5) is 0 Å². The molecule has 3 aliphatic heterocycles. The number of nitrogens with two attached hydrogens (primary N) is 1. The molecule has 3 atom stereocenters. The minimum absolute atomic E-state index is 0.0107. The Labute approximate surface area is 127 Å². The lowest BCUT2D eigenvalue weighted by atomic mass is 9.76. The summed E-state index contributed by atoms with van der Waals surface area (Å²) in [5.74, 6) is 6.40. The van der Waals surface area contributed by atoms with Crippen LogP contribution < -0.4 is 11.3 Å². The van der Waals surface area contributed by atoms with Crippen molar-refractivity contribution in [3.8, 4) is 0 Å². The summed E-state index contributed by atoms with van der Waals surface area (Å²) in [6.07, 6.45) is 4.31. The molecule has 1 spiro atoms. The summed E-state index contributed by atoms with van der Waals surface area (Å²) < 4.78 is 17.6. The quantitative estimate of drug-likeness (QED) is 0.570. The van der Waals surface area contributed by atoms with E-state index < -0.39 is 0 Å². The molecule has 3 N–H and O–H groups in total. The molecule has 122 valence electrons. The molecule has 0 aromatic rings. The number of rotatable bonds is 3. The second-order valence-corrected chi connectivity index (χ2v) is 6.76. The maximum Gasteiger partial charge on any atom is 0.0871 e. The molecule has 0 aromatic carbocycles. The van der Waals surface area contributed by atoms with E-state index in [1.807, 2.05) is 0 Å². The average molecular weight is 299 g/mol. The highest BCUT2D eigenvalue weighted by molar-refractivity contribution is 4.95. The third-order valence-electron chi connectivity index (χ3n) is 5.33. The van der Waals surface area contributed by atoms with Gasteiger partial charge in [-0.1, -0.05) is 0 Å². The summed E-state index contributed by atoms with van der Waals surface area (Å²) >= 11 is 0. The van der Waals surface area contributed by atoms with Crippen LogP contribution in [-0.4, -0.2) is 69.2 Å². The maximum atomic E-state index is 6.14. The number of nitrogens with one attached hydrogen (secondary N) is 1. The number of hydrogen-bond acceptors (Lipinski definition) is 6. The zero-order valence-corrected chi connectivity index (χ0v) is 13.1. The fraction of sp³-hybridized carbons (Fsp3) is 1.00. The van der Waals surface area contributed by atoms with Crippen molar-refractivity contribution in [1.82, 2.24) is 10.3 Å². The summed E-state index contributed by atoms with van der Waals surface area (Å²) in [5, 5.41) is 0. The van der Waals surface area contributed by atoms with Crippen molar-refractivity contribution in [3.63, 3.8) is 0 Å². The molecule has 6 heteroatoms. The second kappa shape index (κ2) is 6.89. The van der Waals surface area contributed by atoms with Gasteiger partial charge in [0.2, 0.25) is 0 Å². The van der Waals surface area contributed by atoms with Crippen molar-refractivity contribution >= 4 is 0 Å². The Morgan fingerprint density at radius 2 is 2.05 bits per heavy atom. The van der Waals surface area contributed by atoms with Crippen LogP contribution in [0.15, 0.2) is 0 Å². The molecule has 0 saturated carbocycles. The monoisotopic (exact) mass is 299 g/mol. The average Bonchev–Trinajstić information content (AvgIpc) is 2.49. The van der Waals surface area contributed by atoms with Crippen LogP contribution in [0.25, 0.3) is 0 Å². The number of likely N-dealkylation sites (N-methyl/N-ethyl adjacent to an activating group) is 1. The highest BCUT2D eigenvalue weighted by Gasteiger charge is 2.43. The molecular formula is C15H29N3O3. The molecular weight excluding hydrogens is 270 g/mol. The summed E-state index contributed by atoms with van der Waals surface area (Å²) in [4.78, 5) is 2.32. The van der Waals surface area contributed by atoms with Gasteiger partial charge in [0.05, 0.1) is 24.4 Å². The molecule has 3 saturated heterocycles. The topological polar surface area (TPSA) is 69.0 Å². The Bertz CT molecular complexity index is 331. The molecule has 0 aliphatic carbocycles. The van der Waals surface area contributed by atoms with Crippen molar-refractivity contribution < 1.29 is 14.2 Å². The van der Waals surface area contributed by atoms with Crippen LogP contribution >= 0.6 is 0 Å². The molecule has 3 heterocycles. The van der Waals surface area contributed by atoms with E-state index >= 15 is 0 Å². The van der Waals surface area contributed by atoms with Crippen molar-refractivity contribution in [1.29, 1.82) is 0 Å². The number of ether oxygens (including phenoxy) is 3. The van der Waals surface area contributed by atoms with Crippen molar-refractivity contribution in [2.75, 3.05) is 46.6 Å². The Morgan fingerprint density at radius 3 is 2.76 bits per heavy atom. The predicted octanol–water partition coefficient (Wildman–Crippen LogP) is 0.125. The van der Waals surface area contributed by atoms with E-state index in [1.165, 1.54) is 0 Å². The van der Waals surface area contributed by atoms with Gasteiger partial charge in [0, 0.05) is 32.9 Å². The molecule has 0 amide bonds. The third-order valence-corrected chi connectivity index (χ3v) is 5.33. The minimum atomic E-state index is 0.0107. The molecule has 0 aromatic heterocycles. The van der Waals surface area contributed by atoms with E-state index in [-0.39, 0.29) is 17.7 Å². The summed E-state index contributed by atoms with van der Waals surface area (Å²) in [6.45, 7) is 5.20. The first-order valence-electron chi connectivity index (χ1n) is 8.20. The summed E-state index contributed by atoms with van der Waals surface area (Å²) in [6, 6.07) is 0.205. The van der Waals surface area contributed by atoms with Gasteiger partial charge in [0.1, 0.15) is 0 Å². The van der Waals surface area contributed by atoms with E-state index in [1.54, 1.807) is 0 Å². The van der Waals surface area contributed by atoms with Gasteiger partial charge in [-0.3, -0.25) is 11.3 Å². The van der Waals surface area contributed by atoms with Crippen LogP contribution in [0.5, 0.6) is 0 Å². The van der Waals surface area contributed by atoms with E-state index in [2.05, 4.69) is 17.4 Å². The van der Waals surface area contributed by atoms with Crippen molar-refractivity contribution in [3.05, 3.63) is 0 Å². The smallest absolute Gasteiger partial charge is 0.0871 e.